The number of aryl methyl sites for hydroxylation is 1. The van der Waals surface area contributed by atoms with Gasteiger partial charge >= 0.3 is 6.01 Å². The minimum Gasteiger partial charge on any atom is -0.407 e. The molecule has 0 spiro atoms. The highest BCUT2D eigenvalue weighted by atomic mass is 16.6. The molecule has 0 saturated carbocycles. The SMILES string of the molecule is CCc1ccc(Cc2nnc(NC(=O)C=Cc3ccc([N+](=O)[O-])cc3)o2)cc1. The summed E-state index contributed by atoms with van der Waals surface area (Å²) in [4.78, 5) is 22.1. The number of hydrogen-bond acceptors (Lipinski definition) is 6. The molecule has 3 rings (SSSR count). The molecule has 1 N–H and O–H groups in total. The lowest BCUT2D eigenvalue weighted by atomic mass is 10.1. The van der Waals surface area contributed by atoms with Gasteiger partial charge in [0, 0.05) is 18.2 Å². The van der Waals surface area contributed by atoms with Gasteiger partial charge in [-0.3, -0.25) is 20.2 Å². The zero-order valence-corrected chi connectivity index (χ0v) is 15.2. The van der Waals surface area contributed by atoms with Crippen LogP contribution in [0.3, 0.4) is 0 Å². The fraction of sp³-hybridized carbons (Fsp3) is 0.150. The van der Waals surface area contributed by atoms with Gasteiger partial charge in [-0.1, -0.05) is 36.3 Å². The van der Waals surface area contributed by atoms with Crippen LogP contribution in [0.2, 0.25) is 0 Å². The van der Waals surface area contributed by atoms with Gasteiger partial charge in [0.2, 0.25) is 5.89 Å². The average Bonchev–Trinajstić information content (AvgIpc) is 3.14. The van der Waals surface area contributed by atoms with Crippen molar-refractivity contribution in [1.82, 2.24) is 10.2 Å². The molecule has 0 radical (unpaired) electrons. The molecule has 8 heteroatoms. The molecule has 1 heterocycles. The molecular formula is C20H18N4O4. The van der Waals surface area contributed by atoms with Crippen molar-refractivity contribution in [3.63, 3.8) is 0 Å². The molecule has 2 aromatic carbocycles. The molecule has 8 nitrogen and oxygen atoms in total. The Labute approximate surface area is 161 Å². The Morgan fingerprint density at radius 3 is 2.43 bits per heavy atom. The molecule has 0 aliphatic rings. The lowest BCUT2D eigenvalue weighted by Gasteiger charge is -1.99. The van der Waals surface area contributed by atoms with E-state index in [9.17, 15) is 14.9 Å². The summed E-state index contributed by atoms with van der Waals surface area (Å²) in [6, 6.07) is 14.0. The largest absolute Gasteiger partial charge is 0.407 e. The Balaban J connectivity index is 1.56. The first kappa shape index (κ1) is 19.0. The van der Waals surface area contributed by atoms with E-state index in [4.69, 9.17) is 4.42 Å². The zero-order chi connectivity index (χ0) is 19.9. The maximum atomic E-state index is 12.0. The number of nitro groups is 1. The number of non-ortho nitro benzene ring substituents is 1. The second-order valence-electron chi connectivity index (χ2n) is 6.02. The van der Waals surface area contributed by atoms with Crippen LogP contribution < -0.4 is 5.32 Å². The summed E-state index contributed by atoms with van der Waals surface area (Å²) in [5.74, 6) is -0.0419. The van der Waals surface area contributed by atoms with Crippen molar-refractivity contribution < 1.29 is 14.1 Å². The summed E-state index contributed by atoms with van der Waals surface area (Å²) < 4.78 is 5.45. The van der Waals surface area contributed by atoms with Gasteiger partial charge in [-0.25, -0.2) is 0 Å². The van der Waals surface area contributed by atoms with E-state index in [1.54, 1.807) is 12.1 Å². The van der Waals surface area contributed by atoms with Crippen molar-refractivity contribution in [3.05, 3.63) is 87.3 Å². The minimum absolute atomic E-state index is 0.00988. The van der Waals surface area contributed by atoms with Gasteiger partial charge in [0.05, 0.1) is 11.3 Å². The highest BCUT2D eigenvalue weighted by Gasteiger charge is 2.09. The van der Waals surface area contributed by atoms with Crippen molar-refractivity contribution >= 4 is 23.7 Å². The van der Waals surface area contributed by atoms with Crippen molar-refractivity contribution in [1.29, 1.82) is 0 Å². The smallest absolute Gasteiger partial charge is 0.322 e. The molecule has 0 aliphatic carbocycles. The minimum atomic E-state index is -0.481. The van der Waals surface area contributed by atoms with Gasteiger partial charge in [-0.05, 0) is 41.3 Å². The summed E-state index contributed by atoms with van der Waals surface area (Å²) in [6.07, 6.45) is 4.27. The van der Waals surface area contributed by atoms with Crippen LogP contribution in [-0.2, 0) is 17.6 Å². The molecule has 0 fully saturated rings. The third-order valence-corrected chi connectivity index (χ3v) is 4.01. The fourth-order valence-corrected chi connectivity index (χ4v) is 2.47. The summed E-state index contributed by atoms with van der Waals surface area (Å²) >= 11 is 0. The Morgan fingerprint density at radius 2 is 1.79 bits per heavy atom. The normalized spacial score (nSPS) is 10.9. The monoisotopic (exact) mass is 378 g/mol. The van der Waals surface area contributed by atoms with Crippen LogP contribution in [0.25, 0.3) is 6.08 Å². The van der Waals surface area contributed by atoms with Crippen molar-refractivity contribution in [2.75, 3.05) is 5.32 Å². The molecule has 1 amide bonds. The number of aromatic nitrogens is 2. The molecule has 3 aromatic rings. The second-order valence-corrected chi connectivity index (χ2v) is 6.02. The summed E-state index contributed by atoms with van der Waals surface area (Å²) in [5, 5.41) is 20.9. The van der Waals surface area contributed by atoms with Crippen LogP contribution in [0.4, 0.5) is 11.7 Å². The molecule has 142 valence electrons. The number of amides is 1. The van der Waals surface area contributed by atoms with Gasteiger partial charge in [-0.15, -0.1) is 5.10 Å². The Bertz CT molecular complexity index is 992. The first-order valence-electron chi connectivity index (χ1n) is 8.67. The average molecular weight is 378 g/mol. The number of anilines is 1. The molecule has 0 saturated heterocycles. The predicted molar refractivity (Wildman–Crippen MR) is 104 cm³/mol. The number of benzene rings is 2. The molecule has 1 aromatic heterocycles. The number of carbonyl (C=O) groups excluding carboxylic acids is 1. The van der Waals surface area contributed by atoms with E-state index in [0.717, 1.165) is 12.0 Å². The zero-order valence-electron chi connectivity index (χ0n) is 15.2. The highest BCUT2D eigenvalue weighted by Crippen LogP contribution is 2.14. The third-order valence-electron chi connectivity index (χ3n) is 4.01. The van der Waals surface area contributed by atoms with Crippen LogP contribution in [0.1, 0.15) is 29.5 Å². The molecule has 0 unspecified atom stereocenters. The van der Waals surface area contributed by atoms with Gasteiger partial charge in [0.15, 0.2) is 0 Å². The van der Waals surface area contributed by atoms with Crippen molar-refractivity contribution in [2.24, 2.45) is 0 Å². The summed E-state index contributed by atoms with van der Waals surface area (Å²) in [6.45, 7) is 2.10. The molecule has 28 heavy (non-hydrogen) atoms. The number of carbonyl (C=O) groups is 1. The Kier molecular flexibility index (Phi) is 5.91. The van der Waals surface area contributed by atoms with Gasteiger partial charge < -0.3 is 4.42 Å². The van der Waals surface area contributed by atoms with Crippen LogP contribution in [-0.4, -0.2) is 21.0 Å². The van der Waals surface area contributed by atoms with E-state index in [1.807, 2.05) is 12.1 Å². The number of nitro benzene ring substituents is 1. The standard InChI is InChI=1S/C20H18N4O4/c1-2-14-3-5-16(6-4-14)13-19-22-23-20(28-19)21-18(25)12-9-15-7-10-17(11-8-15)24(26)27/h3-12H,2,13H2,1H3,(H,21,23,25). The van der Waals surface area contributed by atoms with Crippen LogP contribution in [0.15, 0.2) is 59.0 Å². The first-order chi connectivity index (χ1) is 13.5. The van der Waals surface area contributed by atoms with Crippen LogP contribution in [0, 0.1) is 10.1 Å². The number of nitrogens with one attached hydrogen (secondary N) is 1. The summed E-state index contributed by atoms with van der Waals surface area (Å²) in [7, 11) is 0. The molecule has 0 bridgehead atoms. The number of nitrogens with zero attached hydrogens (tertiary/aromatic N) is 3. The molecule has 0 aliphatic heterocycles. The Morgan fingerprint density at radius 1 is 1.11 bits per heavy atom. The van der Waals surface area contributed by atoms with Gasteiger partial charge in [0.1, 0.15) is 0 Å². The maximum absolute atomic E-state index is 12.0. The predicted octanol–water partition coefficient (Wildman–Crippen LogP) is 3.78. The molecule has 0 atom stereocenters. The van der Waals surface area contributed by atoms with Crippen LogP contribution in [0.5, 0.6) is 0 Å². The second kappa shape index (κ2) is 8.72. The first-order valence-corrected chi connectivity index (χ1v) is 8.67. The fourth-order valence-electron chi connectivity index (χ4n) is 2.47. The van der Waals surface area contributed by atoms with E-state index in [-0.39, 0.29) is 11.7 Å². The van der Waals surface area contributed by atoms with E-state index >= 15 is 0 Å². The molecular weight excluding hydrogens is 360 g/mol. The topological polar surface area (TPSA) is 111 Å². The number of rotatable bonds is 7. The summed E-state index contributed by atoms with van der Waals surface area (Å²) in [5.41, 5.74) is 2.94. The van der Waals surface area contributed by atoms with Crippen molar-refractivity contribution in [2.45, 2.75) is 19.8 Å². The van der Waals surface area contributed by atoms with Gasteiger partial charge in [-0.2, -0.15) is 0 Å². The lowest BCUT2D eigenvalue weighted by molar-refractivity contribution is -0.384. The van der Waals surface area contributed by atoms with Crippen LogP contribution >= 0.6 is 0 Å². The third kappa shape index (κ3) is 5.10. The quantitative estimate of drug-likeness (QED) is 0.380. The van der Waals surface area contributed by atoms with E-state index in [1.165, 1.54) is 29.8 Å². The highest BCUT2D eigenvalue weighted by molar-refractivity contribution is 6.00. The van der Waals surface area contributed by atoms with E-state index < -0.39 is 10.8 Å². The van der Waals surface area contributed by atoms with E-state index in [2.05, 4.69) is 34.6 Å². The number of hydrogen-bond donors (Lipinski definition) is 1. The van der Waals surface area contributed by atoms with Gasteiger partial charge in [0.25, 0.3) is 11.6 Å². The van der Waals surface area contributed by atoms with Crippen molar-refractivity contribution in [3.8, 4) is 0 Å². The van der Waals surface area contributed by atoms with E-state index in [0.29, 0.717) is 17.9 Å². The maximum Gasteiger partial charge on any atom is 0.322 e. The lowest BCUT2D eigenvalue weighted by Crippen LogP contribution is -2.07. The Hall–Kier alpha value is -3.81.